The van der Waals surface area contributed by atoms with Gasteiger partial charge in [0.25, 0.3) is 0 Å². The maximum Gasteiger partial charge on any atom is 0.241 e. The molecule has 1 unspecified atom stereocenters. The highest BCUT2D eigenvalue weighted by Gasteiger charge is 2.23. The van der Waals surface area contributed by atoms with Crippen LogP contribution in [0.2, 0.25) is 0 Å². The number of benzene rings is 2. The predicted molar refractivity (Wildman–Crippen MR) is 117 cm³/mol. The lowest BCUT2D eigenvalue weighted by molar-refractivity contribution is -0.120. The number of hydrogen-bond acceptors (Lipinski definition) is 4. The van der Waals surface area contributed by atoms with Crippen molar-refractivity contribution in [2.45, 2.75) is 39.2 Å². The fourth-order valence-electron chi connectivity index (χ4n) is 3.05. The number of hydrogen-bond donors (Lipinski definition) is 1. The number of ether oxygens (including phenoxy) is 1. The first-order valence-corrected chi connectivity index (χ1v) is 11.3. The Morgan fingerprint density at radius 1 is 1.10 bits per heavy atom. The lowest BCUT2D eigenvalue weighted by atomic mass is 9.87. The molecule has 0 heterocycles. The van der Waals surface area contributed by atoms with Gasteiger partial charge in [0, 0.05) is 5.56 Å². The highest BCUT2D eigenvalue weighted by atomic mass is 32.2. The minimum absolute atomic E-state index is 0.0456. The number of sulfonamides is 1. The Kier molecular flexibility index (Phi) is 6.95. The van der Waals surface area contributed by atoms with Crippen LogP contribution in [-0.2, 0) is 20.2 Å². The van der Waals surface area contributed by atoms with Gasteiger partial charge in [0.15, 0.2) is 0 Å². The van der Waals surface area contributed by atoms with Crippen molar-refractivity contribution in [1.29, 1.82) is 0 Å². The molecule has 0 aromatic heterocycles. The molecule has 0 aliphatic rings. The Bertz CT molecular complexity index is 948. The van der Waals surface area contributed by atoms with E-state index in [9.17, 15) is 13.2 Å². The molecule has 0 fully saturated rings. The smallest absolute Gasteiger partial charge is 0.241 e. The Labute approximate surface area is 173 Å². The first-order chi connectivity index (χ1) is 13.4. The summed E-state index contributed by atoms with van der Waals surface area (Å²) in [6, 6.07) is 14.3. The first-order valence-electron chi connectivity index (χ1n) is 9.44. The molecule has 0 radical (unpaired) electrons. The van der Waals surface area contributed by atoms with Crippen LogP contribution in [0.15, 0.2) is 48.5 Å². The highest BCUT2D eigenvalue weighted by molar-refractivity contribution is 7.92. The molecule has 0 spiro atoms. The van der Waals surface area contributed by atoms with Crippen molar-refractivity contribution in [1.82, 2.24) is 5.32 Å². The number of nitrogens with zero attached hydrogens (tertiary/aromatic N) is 1. The summed E-state index contributed by atoms with van der Waals surface area (Å²) in [5.74, 6) is 0.270. The Hall–Kier alpha value is -2.54. The molecule has 7 heteroatoms. The molecular formula is C22H30N2O4S. The van der Waals surface area contributed by atoms with E-state index in [0.717, 1.165) is 21.7 Å². The van der Waals surface area contributed by atoms with Gasteiger partial charge in [0.2, 0.25) is 15.9 Å². The average molecular weight is 419 g/mol. The van der Waals surface area contributed by atoms with Gasteiger partial charge in [-0.3, -0.25) is 9.10 Å². The second kappa shape index (κ2) is 8.86. The fourth-order valence-corrected chi connectivity index (χ4v) is 3.90. The van der Waals surface area contributed by atoms with Crippen LogP contribution in [0.5, 0.6) is 5.75 Å². The number of methoxy groups -OCH3 is 1. The van der Waals surface area contributed by atoms with Crippen LogP contribution in [-0.4, -0.2) is 34.2 Å². The van der Waals surface area contributed by atoms with Crippen molar-refractivity contribution in [3.63, 3.8) is 0 Å². The Morgan fingerprint density at radius 2 is 1.69 bits per heavy atom. The molecule has 0 aliphatic heterocycles. The quantitative estimate of drug-likeness (QED) is 0.745. The van der Waals surface area contributed by atoms with Gasteiger partial charge in [-0.05, 0) is 36.1 Å². The van der Waals surface area contributed by atoms with Crippen LogP contribution in [0, 0.1) is 0 Å². The molecular weight excluding hydrogens is 388 g/mol. The van der Waals surface area contributed by atoms with E-state index in [1.807, 2.05) is 43.3 Å². The topological polar surface area (TPSA) is 75.7 Å². The SMILES string of the molecule is COc1ccccc1C(C)NC(=O)CN(c1ccc(C(C)(C)C)cc1)S(C)(=O)=O. The molecule has 1 atom stereocenters. The molecule has 2 aromatic carbocycles. The zero-order chi connectivity index (χ0) is 21.8. The summed E-state index contributed by atoms with van der Waals surface area (Å²) >= 11 is 0. The third-order valence-electron chi connectivity index (χ3n) is 4.69. The van der Waals surface area contributed by atoms with Gasteiger partial charge in [-0.1, -0.05) is 51.1 Å². The summed E-state index contributed by atoms with van der Waals surface area (Å²) in [7, 11) is -2.06. The summed E-state index contributed by atoms with van der Waals surface area (Å²) in [4.78, 5) is 12.6. The molecule has 0 aliphatic carbocycles. The molecule has 6 nitrogen and oxygen atoms in total. The normalized spacial score (nSPS) is 12.9. The van der Waals surface area contributed by atoms with Gasteiger partial charge in [0.1, 0.15) is 12.3 Å². The predicted octanol–water partition coefficient (Wildman–Crippen LogP) is 3.64. The monoisotopic (exact) mass is 418 g/mol. The van der Waals surface area contributed by atoms with E-state index in [4.69, 9.17) is 4.74 Å². The van der Waals surface area contributed by atoms with Crippen molar-refractivity contribution in [3.8, 4) is 5.75 Å². The van der Waals surface area contributed by atoms with Crippen molar-refractivity contribution >= 4 is 21.6 Å². The number of para-hydroxylation sites is 1. The van der Waals surface area contributed by atoms with Gasteiger partial charge < -0.3 is 10.1 Å². The molecule has 1 amide bonds. The molecule has 1 N–H and O–H groups in total. The zero-order valence-corrected chi connectivity index (χ0v) is 18.7. The van der Waals surface area contributed by atoms with Crippen LogP contribution >= 0.6 is 0 Å². The number of amides is 1. The van der Waals surface area contributed by atoms with Crippen molar-refractivity contribution in [3.05, 3.63) is 59.7 Å². The summed E-state index contributed by atoms with van der Waals surface area (Å²) in [6.07, 6.45) is 1.10. The van der Waals surface area contributed by atoms with Crippen molar-refractivity contribution in [2.24, 2.45) is 0 Å². The maximum absolute atomic E-state index is 12.6. The number of carbonyl (C=O) groups excluding carboxylic acids is 1. The van der Waals surface area contributed by atoms with Gasteiger partial charge in [-0.2, -0.15) is 0 Å². The second-order valence-electron chi connectivity index (χ2n) is 8.10. The molecule has 2 aromatic rings. The summed E-state index contributed by atoms with van der Waals surface area (Å²) in [5.41, 5.74) is 2.32. The van der Waals surface area contributed by atoms with E-state index in [0.29, 0.717) is 11.4 Å². The minimum atomic E-state index is -3.63. The van der Waals surface area contributed by atoms with Crippen LogP contribution < -0.4 is 14.4 Å². The summed E-state index contributed by atoms with van der Waals surface area (Å²) < 4.78 is 31.1. The third-order valence-corrected chi connectivity index (χ3v) is 5.83. The van der Waals surface area contributed by atoms with E-state index in [2.05, 4.69) is 26.1 Å². The van der Waals surface area contributed by atoms with Gasteiger partial charge in [-0.25, -0.2) is 8.42 Å². The largest absolute Gasteiger partial charge is 0.496 e. The number of carbonyl (C=O) groups is 1. The summed E-state index contributed by atoms with van der Waals surface area (Å²) in [6.45, 7) is 7.79. The third kappa shape index (κ3) is 5.97. The minimum Gasteiger partial charge on any atom is -0.496 e. The van der Waals surface area contributed by atoms with Crippen LogP contribution in [0.25, 0.3) is 0 Å². The number of anilines is 1. The van der Waals surface area contributed by atoms with Crippen molar-refractivity contribution in [2.75, 3.05) is 24.2 Å². The van der Waals surface area contributed by atoms with Gasteiger partial charge >= 0.3 is 0 Å². The lowest BCUT2D eigenvalue weighted by Crippen LogP contribution is -2.41. The molecule has 29 heavy (non-hydrogen) atoms. The lowest BCUT2D eigenvalue weighted by Gasteiger charge is -2.25. The average Bonchev–Trinajstić information content (AvgIpc) is 2.64. The van der Waals surface area contributed by atoms with E-state index in [1.54, 1.807) is 19.2 Å². The standard InChI is InChI=1S/C22H30N2O4S/c1-16(19-9-7-8-10-20(19)28-5)23-21(25)15-24(29(6,26)27)18-13-11-17(12-14-18)22(2,3)4/h7-14,16H,15H2,1-6H3,(H,23,25). The highest BCUT2D eigenvalue weighted by Crippen LogP contribution is 2.27. The molecule has 158 valence electrons. The van der Waals surface area contributed by atoms with Crippen LogP contribution in [0.4, 0.5) is 5.69 Å². The molecule has 0 saturated heterocycles. The van der Waals surface area contributed by atoms with Crippen LogP contribution in [0.3, 0.4) is 0 Å². The molecule has 2 rings (SSSR count). The maximum atomic E-state index is 12.6. The second-order valence-corrected chi connectivity index (χ2v) is 10.0. The van der Waals surface area contributed by atoms with E-state index >= 15 is 0 Å². The van der Waals surface area contributed by atoms with Gasteiger partial charge in [-0.15, -0.1) is 0 Å². The van der Waals surface area contributed by atoms with E-state index < -0.39 is 15.9 Å². The summed E-state index contributed by atoms with van der Waals surface area (Å²) in [5, 5.41) is 2.85. The first kappa shape index (κ1) is 22.7. The number of nitrogens with one attached hydrogen (secondary N) is 1. The van der Waals surface area contributed by atoms with Gasteiger partial charge in [0.05, 0.1) is 25.1 Å². The number of rotatable bonds is 7. The van der Waals surface area contributed by atoms with Crippen molar-refractivity contribution < 1.29 is 17.9 Å². The Morgan fingerprint density at radius 3 is 2.21 bits per heavy atom. The zero-order valence-electron chi connectivity index (χ0n) is 17.9. The molecule has 0 saturated carbocycles. The molecule has 0 bridgehead atoms. The fraction of sp³-hybridized carbons (Fsp3) is 0.409. The van der Waals surface area contributed by atoms with E-state index in [-0.39, 0.29) is 18.0 Å². The Balaban J connectivity index is 2.19. The van der Waals surface area contributed by atoms with E-state index in [1.165, 1.54) is 0 Å². The van der Waals surface area contributed by atoms with Crippen LogP contribution in [0.1, 0.15) is 44.9 Å².